The van der Waals surface area contributed by atoms with Crippen molar-refractivity contribution in [2.75, 3.05) is 6.61 Å². The topological polar surface area (TPSA) is 104 Å². The van der Waals surface area contributed by atoms with Crippen LogP contribution in [0.3, 0.4) is 0 Å². The molecule has 0 fully saturated rings. The fourth-order valence-electron chi connectivity index (χ4n) is 1.44. The molecule has 3 N–H and O–H groups in total. The van der Waals surface area contributed by atoms with Crippen molar-refractivity contribution in [1.29, 1.82) is 0 Å². The number of amides is 1. The number of nitrogens with one attached hydrogen (secondary N) is 2. The van der Waals surface area contributed by atoms with Gasteiger partial charge in [0.05, 0.1) is 6.61 Å². The number of aliphatic hydroxyl groups is 1. The first kappa shape index (κ1) is 12.2. The molecule has 2 aromatic rings. The van der Waals surface area contributed by atoms with Gasteiger partial charge in [-0.1, -0.05) is 12.1 Å². The molecule has 0 spiro atoms. The molecule has 1 amide bonds. The average Bonchev–Trinajstić information content (AvgIpc) is 2.92. The highest BCUT2D eigenvalue weighted by Gasteiger charge is 2.11. The molecule has 0 aliphatic rings. The smallest absolute Gasteiger partial charge is 0.251 e. The highest BCUT2D eigenvalue weighted by molar-refractivity contribution is 5.95. The van der Waals surface area contributed by atoms with E-state index in [0.717, 1.165) is 0 Å². The largest absolute Gasteiger partial charge is 0.394 e. The van der Waals surface area contributed by atoms with Gasteiger partial charge in [-0.15, -0.1) is 10.2 Å². The Balaban J connectivity index is 2.20. The van der Waals surface area contributed by atoms with Gasteiger partial charge in [0, 0.05) is 17.2 Å². The van der Waals surface area contributed by atoms with E-state index < -0.39 is 0 Å². The molecule has 18 heavy (non-hydrogen) atoms. The summed E-state index contributed by atoms with van der Waals surface area (Å²) in [6.45, 7) is 1.62. The Hall–Kier alpha value is -2.28. The van der Waals surface area contributed by atoms with Crippen LogP contribution in [0.5, 0.6) is 0 Å². The van der Waals surface area contributed by atoms with E-state index in [1.807, 2.05) is 0 Å². The summed E-state index contributed by atoms with van der Waals surface area (Å²) in [4.78, 5) is 11.8. The Morgan fingerprint density at radius 3 is 3.06 bits per heavy atom. The monoisotopic (exact) mass is 247 g/mol. The van der Waals surface area contributed by atoms with Gasteiger partial charge in [-0.3, -0.25) is 4.79 Å². The van der Waals surface area contributed by atoms with E-state index in [1.54, 1.807) is 31.2 Å². The third-order valence-electron chi connectivity index (χ3n) is 2.38. The molecule has 0 aliphatic carbocycles. The summed E-state index contributed by atoms with van der Waals surface area (Å²) in [7, 11) is 0. The van der Waals surface area contributed by atoms with E-state index in [4.69, 9.17) is 5.11 Å². The number of nitrogens with zero attached hydrogens (tertiary/aromatic N) is 3. The van der Waals surface area contributed by atoms with Gasteiger partial charge in [0.1, 0.15) is 0 Å². The number of H-pyrrole nitrogens is 1. The van der Waals surface area contributed by atoms with Gasteiger partial charge in [-0.05, 0) is 24.3 Å². The molecule has 1 aromatic heterocycles. The molecule has 0 bridgehead atoms. The van der Waals surface area contributed by atoms with Gasteiger partial charge in [-0.2, -0.15) is 5.21 Å². The minimum absolute atomic E-state index is 0.101. The van der Waals surface area contributed by atoms with Crippen molar-refractivity contribution in [2.45, 2.75) is 13.0 Å². The van der Waals surface area contributed by atoms with Gasteiger partial charge in [-0.25, -0.2) is 0 Å². The molecule has 0 radical (unpaired) electrons. The second-order valence-electron chi connectivity index (χ2n) is 3.87. The number of aromatic amines is 1. The van der Waals surface area contributed by atoms with E-state index in [0.29, 0.717) is 17.0 Å². The van der Waals surface area contributed by atoms with Gasteiger partial charge < -0.3 is 10.4 Å². The van der Waals surface area contributed by atoms with Crippen LogP contribution in [0.1, 0.15) is 17.3 Å². The van der Waals surface area contributed by atoms with Crippen LogP contribution in [0.4, 0.5) is 0 Å². The lowest BCUT2D eigenvalue weighted by atomic mass is 10.1. The molecule has 0 aliphatic heterocycles. The number of benzene rings is 1. The fraction of sp³-hybridized carbons (Fsp3) is 0.273. The average molecular weight is 247 g/mol. The maximum Gasteiger partial charge on any atom is 0.251 e. The highest BCUT2D eigenvalue weighted by Crippen LogP contribution is 2.14. The Labute approximate surface area is 103 Å². The third kappa shape index (κ3) is 2.69. The lowest BCUT2D eigenvalue weighted by molar-refractivity contribution is 0.0922. The zero-order valence-corrected chi connectivity index (χ0v) is 9.79. The fourth-order valence-corrected chi connectivity index (χ4v) is 1.44. The maximum absolute atomic E-state index is 11.8. The van der Waals surface area contributed by atoms with Crippen molar-refractivity contribution in [2.24, 2.45) is 0 Å². The molecule has 94 valence electrons. The SMILES string of the molecule is C[C@H](CO)NC(=O)c1cccc(-c2nn[nH]n2)c1. The first-order valence-electron chi connectivity index (χ1n) is 5.46. The Morgan fingerprint density at radius 1 is 1.56 bits per heavy atom. The molecular weight excluding hydrogens is 234 g/mol. The van der Waals surface area contributed by atoms with Gasteiger partial charge >= 0.3 is 0 Å². The van der Waals surface area contributed by atoms with Crippen LogP contribution in [-0.2, 0) is 0 Å². The summed E-state index contributed by atoms with van der Waals surface area (Å²) < 4.78 is 0. The molecule has 1 heterocycles. The first-order chi connectivity index (χ1) is 8.70. The van der Waals surface area contributed by atoms with Crippen molar-refractivity contribution in [3.05, 3.63) is 29.8 Å². The quantitative estimate of drug-likeness (QED) is 0.704. The number of hydrogen-bond acceptors (Lipinski definition) is 5. The van der Waals surface area contributed by atoms with Crippen LogP contribution in [-0.4, -0.2) is 44.3 Å². The summed E-state index contributed by atoms with van der Waals surface area (Å²) in [5, 5.41) is 25.1. The second kappa shape index (κ2) is 5.37. The molecule has 0 unspecified atom stereocenters. The molecule has 1 aromatic carbocycles. The Morgan fingerprint density at radius 2 is 2.39 bits per heavy atom. The van der Waals surface area contributed by atoms with Crippen molar-refractivity contribution in [1.82, 2.24) is 25.9 Å². The summed E-state index contributed by atoms with van der Waals surface area (Å²) in [5.41, 5.74) is 1.19. The third-order valence-corrected chi connectivity index (χ3v) is 2.38. The molecular formula is C11H13N5O2. The number of rotatable bonds is 4. The lowest BCUT2D eigenvalue weighted by Gasteiger charge is -2.10. The molecule has 7 nitrogen and oxygen atoms in total. The van der Waals surface area contributed by atoms with Crippen molar-refractivity contribution in [3.8, 4) is 11.4 Å². The molecule has 7 heteroatoms. The Kier molecular flexibility index (Phi) is 3.63. The normalized spacial score (nSPS) is 12.1. The summed E-state index contributed by atoms with van der Waals surface area (Å²) in [5.74, 6) is 0.182. The predicted molar refractivity (Wildman–Crippen MR) is 63.6 cm³/mol. The minimum Gasteiger partial charge on any atom is -0.394 e. The van der Waals surface area contributed by atoms with E-state index in [9.17, 15) is 4.79 Å². The van der Waals surface area contributed by atoms with E-state index in [-0.39, 0.29) is 18.6 Å². The molecule has 1 atom stereocenters. The zero-order valence-electron chi connectivity index (χ0n) is 9.79. The number of aromatic nitrogens is 4. The van der Waals surface area contributed by atoms with E-state index in [1.165, 1.54) is 0 Å². The lowest BCUT2D eigenvalue weighted by Crippen LogP contribution is -2.34. The zero-order chi connectivity index (χ0) is 13.0. The van der Waals surface area contributed by atoms with Crippen LogP contribution in [0, 0.1) is 0 Å². The van der Waals surface area contributed by atoms with Gasteiger partial charge in [0.25, 0.3) is 5.91 Å². The van der Waals surface area contributed by atoms with Gasteiger partial charge in [0.2, 0.25) is 5.82 Å². The number of tetrazole rings is 1. The van der Waals surface area contributed by atoms with Gasteiger partial charge in [0.15, 0.2) is 0 Å². The number of carbonyl (C=O) groups excluding carboxylic acids is 1. The maximum atomic E-state index is 11.8. The minimum atomic E-state index is -0.286. The number of hydrogen-bond donors (Lipinski definition) is 3. The van der Waals surface area contributed by atoms with Crippen LogP contribution >= 0.6 is 0 Å². The number of aliphatic hydroxyl groups excluding tert-OH is 1. The Bertz CT molecular complexity index is 526. The van der Waals surface area contributed by atoms with E-state index in [2.05, 4.69) is 25.9 Å². The standard InChI is InChI=1S/C11H13N5O2/c1-7(6-17)12-11(18)9-4-2-3-8(5-9)10-13-15-16-14-10/h2-5,7,17H,6H2,1H3,(H,12,18)(H,13,14,15,16)/t7-/m1/s1. The number of carbonyl (C=O) groups is 1. The van der Waals surface area contributed by atoms with Crippen LogP contribution in [0.15, 0.2) is 24.3 Å². The first-order valence-corrected chi connectivity index (χ1v) is 5.46. The second-order valence-corrected chi connectivity index (χ2v) is 3.87. The predicted octanol–water partition coefficient (Wildman–Crippen LogP) is -0.0227. The molecule has 2 rings (SSSR count). The van der Waals surface area contributed by atoms with Crippen molar-refractivity contribution in [3.63, 3.8) is 0 Å². The highest BCUT2D eigenvalue weighted by atomic mass is 16.3. The van der Waals surface area contributed by atoms with Crippen LogP contribution in [0.2, 0.25) is 0 Å². The van der Waals surface area contributed by atoms with Crippen LogP contribution < -0.4 is 5.32 Å². The molecule has 0 saturated carbocycles. The van der Waals surface area contributed by atoms with Crippen molar-refractivity contribution >= 4 is 5.91 Å². The molecule has 0 saturated heterocycles. The van der Waals surface area contributed by atoms with Crippen LogP contribution in [0.25, 0.3) is 11.4 Å². The van der Waals surface area contributed by atoms with Crippen molar-refractivity contribution < 1.29 is 9.90 Å². The summed E-state index contributed by atoms with van der Waals surface area (Å²) in [6, 6.07) is 6.60. The summed E-state index contributed by atoms with van der Waals surface area (Å²) >= 11 is 0. The summed E-state index contributed by atoms with van der Waals surface area (Å²) in [6.07, 6.45) is 0. The van der Waals surface area contributed by atoms with E-state index >= 15 is 0 Å².